The monoisotopic (exact) mass is 296 g/mol. The molecule has 0 bridgehead atoms. The van der Waals surface area contributed by atoms with Crippen molar-refractivity contribution in [2.75, 3.05) is 0 Å². The van der Waals surface area contributed by atoms with Crippen LogP contribution in [0.4, 0.5) is 0 Å². The fraction of sp³-hybridized carbons (Fsp3) is 0.200. The maximum absolute atomic E-state index is 10.4. The zero-order valence-corrected chi connectivity index (χ0v) is 13.7. The largest absolute Gasteiger partial charge is 0.878 e. The Morgan fingerprint density at radius 3 is 1.14 bits per heavy atom. The summed E-state index contributed by atoms with van der Waals surface area (Å²) in [4.78, 5) is 0. The Labute approximate surface area is 134 Å². The molecule has 0 saturated heterocycles. The molecule has 0 aliphatic rings. The molecule has 0 aromatic rings. The summed E-state index contributed by atoms with van der Waals surface area (Å²) in [7, 11) is 0. The van der Waals surface area contributed by atoms with Crippen molar-refractivity contribution in [3.8, 4) is 0 Å². The van der Waals surface area contributed by atoms with Crippen molar-refractivity contribution < 1.29 is 10.2 Å². The quantitative estimate of drug-likeness (QED) is 0.532. The Morgan fingerprint density at radius 2 is 0.818 bits per heavy atom. The first-order valence-electron chi connectivity index (χ1n) is 7.11. The van der Waals surface area contributed by atoms with E-state index in [9.17, 15) is 10.2 Å². The van der Waals surface area contributed by atoms with Gasteiger partial charge in [0, 0.05) is 0 Å². The second-order valence-electron chi connectivity index (χ2n) is 4.98. The summed E-state index contributed by atoms with van der Waals surface area (Å²) in [5.74, 6) is 0. The molecule has 0 atom stereocenters. The van der Waals surface area contributed by atoms with Gasteiger partial charge < -0.3 is 10.2 Å². The summed E-state index contributed by atoms with van der Waals surface area (Å²) in [6.45, 7) is 7.52. The van der Waals surface area contributed by atoms with Crippen LogP contribution in [0.25, 0.3) is 0 Å². The predicted octanol–water partition coefficient (Wildman–Crippen LogP) is 3.63. The lowest BCUT2D eigenvalue weighted by molar-refractivity contribution is -0.276. The van der Waals surface area contributed by atoms with Crippen LogP contribution >= 0.6 is 0 Å². The van der Waals surface area contributed by atoms with Crippen molar-refractivity contribution in [1.82, 2.24) is 0 Å². The third kappa shape index (κ3) is 11.4. The molecule has 2 nitrogen and oxygen atoms in total. The van der Waals surface area contributed by atoms with E-state index in [4.69, 9.17) is 0 Å². The SMILES string of the molecule is CC(/C=C/C=C(C)/C=C/C=C/C(C)=C/C=C/C(C)=C/[O-])=C\[O-]. The minimum Gasteiger partial charge on any atom is -0.878 e. The smallest absolute Gasteiger partial charge is 0.0398 e. The van der Waals surface area contributed by atoms with Crippen LogP contribution in [0.1, 0.15) is 27.7 Å². The number of allylic oxidation sites excluding steroid dienone is 14. The van der Waals surface area contributed by atoms with Crippen LogP contribution in [-0.2, 0) is 0 Å². The minimum absolute atomic E-state index is 0.698. The van der Waals surface area contributed by atoms with Gasteiger partial charge in [0.1, 0.15) is 0 Å². The molecular formula is C20H24O2-2. The number of hydrogen-bond acceptors (Lipinski definition) is 2. The normalized spacial score (nSPS) is 16.0. The van der Waals surface area contributed by atoms with Crippen molar-refractivity contribution in [2.45, 2.75) is 27.7 Å². The van der Waals surface area contributed by atoms with Gasteiger partial charge >= 0.3 is 0 Å². The van der Waals surface area contributed by atoms with Gasteiger partial charge in [-0.15, -0.1) is 12.5 Å². The summed E-state index contributed by atoms with van der Waals surface area (Å²) < 4.78 is 0. The van der Waals surface area contributed by atoms with Crippen molar-refractivity contribution in [2.24, 2.45) is 0 Å². The molecule has 0 spiro atoms. The molecule has 0 amide bonds. The third-order valence-electron chi connectivity index (χ3n) is 2.64. The molecule has 0 heterocycles. The molecular weight excluding hydrogens is 272 g/mol. The van der Waals surface area contributed by atoms with Gasteiger partial charge in [-0.2, -0.15) is 0 Å². The zero-order valence-electron chi connectivity index (χ0n) is 13.7. The van der Waals surface area contributed by atoms with Gasteiger partial charge in [0.2, 0.25) is 0 Å². The highest BCUT2D eigenvalue weighted by molar-refractivity contribution is 5.30. The van der Waals surface area contributed by atoms with Gasteiger partial charge in [-0.1, -0.05) is 83.1 Å². The van der Waals surface area contributed by atoms with Crippen LogP contribution in [0.2, 0.25) is 0 Å². The Morgan fingerprint density at radius 1 is 0.500 bits per heavy atom. The highest BCUT2D eigenvalue weighted by Gasteiger charge is 1.80. The van der Waals surface area contributed by atoms with Crippen molar-refractivity contribution in [3.05, 3.63) is 95.6 Å². The third-order valence-corrected chi connectivity index (χ3v) is 2.64. The molecule has 0 N–H and O–H groups in total. The van der Waals surface area contributed by atoms with Gasteiger partial charge in [-0.25, -0.2) is 0 Å². The Bertz CT molecular complexity index is 511. The lowest BCUT2D eigenvalue weighted by Gasteiger charge is -1.94. The summed E-state index contributed by atoms with van der Waals surface area (Å²) in [5, 5.41) is 20.8. The molecule has 118 valence electrons. The summed E-state index contributed by atoms with van der Waals surface area (Å²) in [5.41, 5.74) is 3.59. The molecule has 22 heavy (non-hydrogen) atoms. The fourth-order valence-electron chi connectivity index (χ4n) is 1.31. The molecule has 0 aliphatic heterocycles. The van der Waals surface area contributed by atoms with Crippen molar-refractivity contribution >= 4 is 0 Å². The zero-order chi connectivity index (χ0) is 16.8. The molecule has 0 aliphatic carbocycles. The summed E-state index contributed by atoms with van der Waals surface area (Å²) >= 11 is 0. The molecule has 0 saturated carbocycles. The van der Waals surface area contributed by atoms with Crippen LogP contribution in [-0.4, -0.2) is 0 Å². The summed E-state index contributed by atoms with van der Waals surface area (Å²) in [6, 6.07) is 0. The molecule has 0 aromatic carbocycles. The first kappa shape index (κ1) is 19.5. The molecule has 2 heteroatoms. The van der Waals surface area contributed by atoms with Crippen LogP contribution in [0, 0.1) is 0 Å². The minimum atomic E-state index is 0.698. The molecule has 0 rings (SSSR count). The van der Waals surface area contributed by atoms with E-state index >= 15 is 0 Å². The highest BCUT2D eigenvalue weighted by atomic mass is 16.2. The van der Waals surface area contributed by atoms with Gasteiger partial charge in [0.25, 0.3) is 0 Å². The van der Waals surface area contributed by atoms with E-state index in [2.05, 4.69) is 0 Å². The number of rotatable bonds is 7. The van der Waals surface area contributed by atoms with Crippen LogP contribution in [0.3, 0.4) is 0 Å². The van der Waals surface area contributed by atoms with E-state index in [1.807, 2.05) is 62.5 Å². The number of hydrogen-bond donors (Lipinski definition) is 0. The van der Waals surface area contributed by atoms with Crippen molar-refractivity contribution in [1.29, 1.82) is 0 Å². The maximum atomic E-state index is 10.4. The average Bonchev–Trinajstić information content (AvgIpc) is 2.51. The van der Waals surface area contributed by atoms with Gasteiger partial charge in [-0.05, 0) is 27.7 Å². The van der Waals surface area contributed by atoms with E-state index in [0.717, 1.165) is 23.7 Å². The first-order valence-corrected chi connectivity index (χ1v) is 7.11. The lowest BCUT2D eigenvalue weighted by Crippen LogP contribution is -1.87. The van der Waals surface area contributed by atoms with E-state index in [1.165, 1.54) is 0 Å². The van der Waals surface area contributed by atoms with Gasteiger partial charge in [0.05, 0.1) is 0 Å². The fourth-order valence-corrected chi connectivity index (χ4v) is 1.31. The van der Waals surface area contributed by atoms with Crippen LogP contribution in [0.5, 0.6) is 0 Å². The van der Waals surface area contributed by atoms with Crippen LogP contribution in [0.15, 0.2) is 95.6 Å². The molecule has 0 aromatic heterocycles. The Hall–Kier alpha value is -2.48. The Balaban J connectivity index is 4.47. The van der Waals surface area contributed by atoms with E-state index in [1.54, 1.807) is 26.0 Å². The standard InChI is InChI=1S/C20H26O2/c1-17(11-7-13-19(3)15-21)9-5-6-10-18(2)12-8-14-20(4)16-22/h5-16,21-22H,1-4H3/p-2/b9-5+,10-6+,13-7+,14-8+,17-11+,18-12+,19-15+,20-16+. The molecule has 0 fully saturated rings. The predicted molar refractivity (Wildman–Crippen MR) is 91.6 cm³/mol. The lowest BCUT2D eigenvalue weighted by atomic mass is 10.2. The van der Waals surface area contributed by atoms with Crippen LogP contribution < -0.4 is 10.2 Å². The molecule has 0 radical (unpaired) electrons. The Kier molecular flexibility index (Phi) is 10.9. The van der Waals surface area contributed by atoms with E-state index < -0.39 is 0 Å². The first-order chi connectivity index (χ1) is 10.5. The van der Waals surface area contributed by atoms with E-state index in [0.29, 0.717) is 11.1 Å². The van der Waals surface area contributed by atoms with E-state index in [-0.39, 0.29) is 0 Å². The van der Waals surface area contributed by atoms with Gasteiger partial charge in [0.15, 0.2) is 0 Å². The second kappa shape index (κ2) is 12.3. The average molecular weight is 296 g/mol. The van der Waals surface area contributed by atoms with Gasteiger partial charge in [-0.3, -0.25) is 0 Å². The second-order valence-corrected chi connectivity index (χ2v) is 4.98. The summed E-state index contributed by atoms with van der Waals surface area (Å²) in [6.07, 6.45) is 20.7. The maximum Gasteiger partial charge on any atom is -0.0398 e. The topological polar surface area (TPSA) is 46.1 Å². The molecule has 0 unspecified atom stereocenters. The highest BCUT2D eigenvalue weighted by Crippen LogP contribution is 2.01. The van der Waals surface area contributed by atoms with Crippen molar-refractivity contribution in [3.63, 3.8) is 0 Å².